The second-order valence-electron chi connectivity index (χ2n) is 5.55. The first kappa shape index (κ1) is 15.0. The van der Waals surface area contributed by atoms with Gasteiger partial charge in [0.05, 0.1) is 12.3 Å². The molecule has 0 bridgehead atoms. The molecule has 2 atom stereocenters. The fourth-order valence-electron chi connectivity index (χ4n) is 2.97. The van der Waals surface area contributed by atoms with Gasteiger partial charge in [0, 0.05) is 24.9 Å². The van der Waals surface area contributed by atoms with Crippen molar-refractivity contribution in [2.75, 3.05) is 30.8 Å². The number of benzene rings is 1. The summed E-state index contributed by atoms with van der Waals surface area (Å²) in [6.07, 6.45) is 4.87. The minimum atomic E-state index is 0.304. The summed E-state index contributed by atoms with van der Waals surface area (Å²) in [5.41, 5.74) is 7.57. The van der Waals surface area contributed by atoms with Crippen molar-refractivity contribution in [1.29, 1.82) is 0 Å². The molecule has 0 amide bonds. The predicted molar refractivity (Wildman–Crippen MR) is 83.0 cm³/mol. The van der Waals surface area contributed by atoms with Crippen LogP contribution in [0.15, 0.2) is 18.2 Å². The van der Waals surface area contributed by atoms with Gasteiger partial charge in [0.25, 0.3) is 0 Å². The van der Waals surface area contributed by atoms with Crippen LogP contribution in [0.3, 0.4) is 0 Å². The van der Waals surface area contributed by atoms with Crippen LogP contribution in [0.1, 0.15) is 32.6 Å². The maximum Gasteiger partial charge on any atom is 0.144 e. The summed E-state index contributed by atoms with van der Waals surface area (Å²) in [5, 5.41) is 12.9. The molecule has 2 rings (SSSR count). The topological polar surface area (TPSA) is 67.5 Å². The van der Waals surface area contributed by atoms with Gasteiger partial charge >= 0.3 is 0 Å². The van der Waals surface area contributed by atoms with Gasteiger partial charge in [-0.1, -0.05) is 12.8 Å². The smallest absolute Gasteiger partial charge is 0.144 e. The van der Waals surface area contributed by atoms with Crippen LogP contribution in [-0.2, 0) is 0 Å². The summed E-state index contributed by atoms with van der Waals surface area (Å²) in [7, 11) is 0. The molecule has 2 unspecified atom stereocenters. The summed E-state index contributed by atoms with van der Waals surface area (Å²) in [6.45, 7) is 3.77. The van der Waals surface area contributed by atoms with E-state index in [0.29, 0.717) is 30.7 Å². The largest absolute Gasteiger partial charge is 0.492 e. The molecule has 1 aliphatic carbocycles. The second-order valence-corrected chi connectivity index (χ2v) is 5.55. The van der Waals surface area contributed by atoms with Gasteiger partial charge in [0.15, 0.2) is 0 Å². The van der Waals surface area contributed by atoms with Crippen LogP contribution in [0, 0.1) is 11.8 Å². The maximum atomic E-state index is 9.44. The van der Waals surface area contributed by atoms with E-state index in [1.165, 1.54) is 19.3 Å². The monoisotopic (exact) mass is 278 g/mol. The van der Waals surface area contributed by atoms with Gasteiger partial charge < -0.3 is 20.9 Å². The van der Waals surface area contributed by atoms with Crippen LogP contribution >= 0.6 is 0 Å². The molecule has 0 aromatic heterocycles. The quantitative estimate of drug-likeness (QED) is 0.700. The molecule has 1 aromatic carbocycles. The van der Waals surface area contributed by atoms with Gasteiger partial charge in [-0.3, -0.25) is 0 Å². The maximum absolute atomic E-state index is 9.44. The molecule has 1 aliphatic rings. The van der Waals surface area contributed by atoms with Gasteiger partial charge in [-0.05, 0) is 43.7 Å². The highest BCUT2D eigenvalue weighted by molar-refractivity contribution is 5.61. The van der Waals surface area contributed by atoms with E-state index >= 15 is 0 Å². The van der Waals surface area contributed by atoms with Crippen LogP contribution in [0.4, 0.5) is 11.4 Å². The summed E-state index contributed by atoms with van der Waals surface area (Å²) in [6, 6.07) is 5.81. The first-order chi connectivity index (χ1) is 9.74. The SMILES string of the molecule is CCOc1cc(NCC2CCCCC2CO)ccc1N. The summed E-state index contributed by atoms with van der Waals surface area (Å²) in [5.74, 6) is 1.73. The fraction of sp³-hybridized carbons (Fsp3) is 0.625. The fourth-order valence-corrected chi connectivity index (χ4v) is 2.97. The van der Waals surface area contributed by atoms with E-state index in [1.54, 1.807) is 0 Å². The molecule has 0 spiro atoms. The molecular formula is C16H26N2O2. The van der Waals surface area contributed by atoms with E-state index in [1.807, 2.05) is 25.1 Å². The lowest BCUT2D eigenvalue weighted by molar-refractivity contribution is 0.141. The lowest BCUT2D eigenvalue weighted by Gasteiger charge is -2.30. The van der Waals surface area contributed by atoms with E-state index in [9.17, 15) is 5.11 Å². The van der Waals surface area contributed by atoms with Crippen LogP contribution in [0.2, 0.25) is 0 Å². The Kier molecular flexibility index (Phi) is 5.53. The third-order valence-electron chi connectivity index (χ3n) is 4.18. The van der Waals surface area contributed by atoms with Crippen LogP contribution < -0.4 is 15.8 Å². The van der Waals surface area contributed by atoms with Crippen molar-refractivity contribution in [3.63, 3.8) is 0 Å². The minimum absolute atomic E-state index is 0.304. The molecule has 4 N–H and O–H groups in total. The van der Waals surface area contributed by atoms with Crippen molar-refractivity contribution in [3.8, 4) is 5.75 Å². The Morgan fingerprint density at radius 3 is 2.75 bits per heavy atom. The molecular weight excluding hydrogens is 252 g/mol. The summed E-state index contributed by atoms with van der Waals surface area (Å²) >= 11 is 0. The molecule has 1 aromatic rings. The number of ether oxygens (including phenoxy) is 1. The number of nitrogens with two attached hydrogens (primary N) is 1. The first-order valence-electron chi connectivity index (χ1n) is 7.61. The molecule has 0 aliphatic heterocycles. The molecule has 112 valence electrons. The van der Waals surface area contributed by atoms with Crippen molar-refractivity contribution in [2.24, 2.45) is 11.8 Å². The second kappa shape index (κ2) is 7.39. The number of hydrogen-bond acceptors (Lipinski definition) is 4. The zero-order valence-electron chi connectivity index (χ0n) is 12.3. The Labute approximate surface area is 121 Å². The molecule has 0 saturated heterocycles. The zero-order chi connectivity index (χ0) is 14.4. The number of nitrogen functional groups attached to an aromatic ring is 1. The summed E-state index contributed by atoms with van der Waals surface area (Å²) in [4.78, 5) is 0. The highest BCUT2D eigenvalue weighted by atomic mass is 16.5. The zero-order valence-corrected chi connectivity index (χ0v) is 12.3. The molecule has 1 fully saturated rings. The van der Waals surface area contributed by atoms with E-state index in [2.05, 4.69) is 5.32 Å². The molecule has 4 heteroatoms. The van der Waals surface area contributed by atoms with Crippen molar-refractivity contribution >= 4 is 11.4 Å². The number of aliphatic hydroxyl groups excluding tert-OH is 1. The third kappa shape index (κ3) is 3.79. The van der Waals surface area contributed by atoms with Gasteiger partial charge in [-0.15, -0.1) is 0 Å². The predicted octanol–water partition coefficient (Wildman–Crippen LogP) is 2.88. The van der Waals surface area contributed by atoms with Crippen molar-refractivity contribution in [3.05, 3.63) is 18.2 Å². The van der Waals surface area contributed by atoms with Crippen molar-refractivity contribution < 1.29 is 9.84 Å². The number of hydrogen-bond donors (Lipinski definition) is 3. The Bertz CT molecular complexity index is 423. The number of rotatable bonds is 6. The lowest BCUT2D eigenvalue weighted by atomic mass is 9.79. The van der Waals surface area contributed by atoms with E-state index < -0.39 is 0 Å². The number of aliphatic hydroxyl groups is 1. The van der Waals surface area contributed by atoms with E-state index in [-0.39, 0.29) is 0 Å². The Morgan fingerprint density at radius 1 is 1.30 bits per heavy atom. The van der Waals surface area contributed by atoms with Crippen LogP contribution in [0.25, 0.3) is 0 Å². The van der Waals surface area contributed by atoms with Crippen LogP contribution in [0.5, 0.6) is 5.75 Å². The highest BCUT2D eigenvalue weighted by Gasteiger charge is 2.24. The summed E-state index contributed by atoms with van der Waals surface area (Å²) < 4.78 is 5.51. The average molecular weight is 278 g/mol. The van der Waals surface area contributed by atoms with E-state index in [0.717, 1.165) is 24.4 Å². The molecule has 1 saturated carbocycles. The van der Waals surface area contributed by atoms with Crippen molar-refractivity contribution in [2.45, 2.75) is 32.6 Å². The number of anilines is 2. The third-order valence-corrected chi connectivity index (χ3v) is 4.18. The Balaban J connectivity index is 1.94. The molecule has 4 nitrogen and oxygen atoms in total. The standard InChI is InChI=1S/C16H26N2O2/c1-2-20-16-9-14(7-8-15(16)17)18-10-12-5-3-4-6-13(12)11-19/h7-9,12-13,18-19H,2-6,10-11,17H2,1H3. The molecule has 0 heterocycles. The van der Waals surface area contributed by atoms with Gasteiger partial charge in [0.2, 0.25) is 0 Å². The molecule has 20 heavy (non-hydrogen) atoms. The minimum Gasteiger partial charge on any atom is -0.492 e. The number of nitrogens with one attached hydrogen (secondary N) is 1. The normalized spacial score (nSPS) is 22.5. The van der Waals surface area contributed by atoms with Crippen molar-refractivity contribution in [1.82, 2.24) is 0 Å². The highest BCUT2D eigenvalue weighted by Crippen LogP contribution is 2.31. The van der Waals surface area contributed by atoms with Gasteiger partial charge in [0.1, 0.15) is 5.75 Å². The average Bonchev–Trinajstić information content (AvgIpc) is 2.48. The van der Waals surface area contributed by atoms with Gasteiger partial charge in [-0.25, -0.2) is 0 Å². The first-order valence-corrected chi connectivity index (χ1v) is 7.61. The van der Waals surface area contributed by atoms with Gasteiger partial charge in [-0.2, -0.15) is 0 Å². The Hall–Kier alpha value is -1.42. The van der Waals surface area contributed by atoms with E-state index in [4.69, 9.17) is 10.5 Å². The lowest BCUT2D eigenvalue weighted by Crippen LogP contribution is -2.28. The molecule has 0 radical (unpaired) electrons. The van der Waals surface area contributed by atoms with Crippen LogP contribution in [-0.4, -0.2) is 24.9 Å². The Morgan fingerprint density at radius 2 is 2.05 bits per heavy atom.